The molecule has 0 radical (unpaired) electrons. The minimum absolute atomic E-state index is 0.0314. The number of Topliss-reactive ketones (excluding diaryl/α,β-unsaturated/α-hetero) is 1. The molecule has 11 heteroatoms. The Balaban J connectivity index is 1.77. The molecule has 0 bridgehead atoms. The van der Waals surface area contributed by atoms with E-state index in [9.17, 15) is 27.6 Å². The summed E-state index contributed by atoms with van der Waals surface area (Å²) in [4.78, 5) is 43.4. The van der Waals surface area contributed by atoms with Crippen molar-refractivity contribution in [1.29, 1.82) is 0 Å². The van der Waals surface area contributed by atoms with E-state index in [2.05, 4.69) is 4.98 Å². The molecule has 35 heavy (non-hydrogen) atoms. The average Bonchev–Trinajstić information content (AvgIpc) is 3.39. The van der Waals surface area contributed by atoms with Crippen LogP contribution >= 0.6 is 11.8 Å². The molecule has 0 aliphatic carbocycles. The van der Waals surface area contributed by atoms with Gasteiger partial charge < -0.3 is 9.64 Å². The second-order valence-corrected chi connectivity index (χ2v) is 10.1. The number of alkyl halides is 3. The number of ketones is 1. The highest BCUT2D eigenvalue weighted by Crippen LogP contribution is 2.44. The third-order valence-corrected chi connectivity index (χ3v) is 6.64. The quantitative estimate of drug-likeness (QED) is 0.455. The first-order valence-electron chi connectivity index (χ1n) is 10.7. The fraction of sp³-hybridized carbons (Fsp3) is 0.333. The summed E-state index contributed by atoms with van der Waals surface area (Å²) in [6, 6.07) is 8.24. The highest BCUT2D eigenvalue weighted by molar-refractivity contribution is 7.99. The number of ether oxygens (including phenoxy) is 1. The molecular weight excluding hydrogens is 483 g/mol. The minimum atomic E-state index is -5.17. The Labute approximate surface area is 203 Å². The van der Waals surface area contributed by atoms with E-state index < -0.39 is 41.0 Å². The van der Waals surface area contributed by atoms with Crippen LogP contribution in [-0.2, 0) is 9.53 Å². The van der Waals surface area contributed by atoms with Crippen molar-refractivity contribution in [2.45, 2.75) is 44.0 Å². The highest BCUT2D eigenvalue weighted by atomic mass is 32.2. The first-order valence-corrected chi connectivity index (χ1v) is 11.7. The Hall–Kier alpha value is -3.34. The maximum atomic E-state index is 13.6. The van der Waals surface area contributed by atoms with Crippen molar-refractivity contribution in [3.8, 4) is 0 Å². The van der Waals surface area contributed by atoms with Crippen LogP contribution in [0.1, 0.15) is 42.1 Å². The summed E-state index contributed by atoms with van der Waals surface area (Å²) in [6.45, 7) is 5.08. The molecule has 1 amide bonds. The van der Waals surface area contributed by atoms with Crippen LogP contribution in [0.15, 0.2) is 55.0 Å². The zero-order valence-electron chi connectivity index (χ0n) is 19.1. The van der Waals surface area contributed by atoms with Crippen LogP contribution in [0.5, 0.6) is 0 Å². The van der Waals surface area contributed by atoms with Crippen molar-refractivity contribution in [1.82, 2.24) is 14.5 Å². The van der Waals surface area contributed by atoms with E-state index in [0.29, 0.717) is 21.4 Å². The minimum Gasteiger partial charge on any atom is -0.443 e. The van der Waals surface area contributed by atoms with Gasteiger partial charge in [-0.15, -0.1) is 11.8 Å². The third-order valence-electron chi connectivity index (χ3n) is 5.32. The van der Waals surface area contributed by atoms with Crippen molar-refractivity contribution in [3.63, 3.8) is 0 Å². The Morgan fingerprint density at radius 2 is 1.80 bits per heavy atom. The van der Waals surface area contributed by atoms with Crippen LogP contribution in [-0.4, -0.2) is 55.8 Å². The van der Waals surface area contributed by atoms with E-state index in [1.54, 1.807) is 57.2 Å². The van der Waals surface area contributed by atoms with E-state index in [0.717, 1.165) is 16.3 Å². The third kappa shape index (κ3) is 4.90. The Bertz CT molecular complexity index is 1280. The molecule has 1 fully saturated rings. The largest absolute Gasteiger partial charge is 0.471 e. The van der Waals surface area contributed by atoms with Gasteiger partial charge in [0.05, 0.1) is 5.52 Å². The summed E-state index contributed by atoms with van der Waals surface area (Å²) in [5, 5.41) is -0.663. The zero-order valence-corrected chi connectivity index (χ0v) is 19.9. The molecule has 1 saturated heterocycles. The molecule has 1 aliphatic heterocycles. The molecule has 2 atom stereocenters. The number of rotatable bonds is 3. The normalized spacial score (nSPS) is 18.6. The smallest absolute Gasteiger partial charge is 0.443 e. The number of hydrogen-bond acceptors (Lipinski definition) is 6. The van der Waals surface area contributed by atoms with Gasteiger partial charge in [-0.05, 0) is 32.9 Å². The van der Waals surface area contributed by atoms with Gasteiger partial charge in [-0.1, -0.05) is 24.3 Å². The molecule has 2 aromatic heterocycles. The molecule has 1 aromatic carbocycles. The van der Waals surface area contributed by atoms with E-state index >= 15 is 0 Å². The predicted molar refractivity (Wildman–Crippen MR) is 124 cm³/mol. The van der Waals surface area contributed by atoms with E-state index in [1.165, 1.54) is 18.6 Å². The summed E-state index contributed by atoms with van der Waals surface area (Å²) in [6.07, 6.45) is -1.80. The lowest BCUT2D eigenvalue weighted by atomic mass is 10.0. The summed E-state index contributed by atoms with van der Waals surface area (Å²) in [5.74, 6) is -2.85. The summed E-state index contributed by atoms with van der Waals surface area (Å²) in [7, 11) is 0. The number of carbonyl (C=O) groups excluding carboxylic acids is 3. The molecule has 3 aromatic rings. The number of para-hydroxylation sites is 1. The van der Waals surface area contributed by atoms with E-state index in [-0.39, 0.29) is 11.3 Å². The van der Waals surface area contributed by atoms with Crippen LogP contribution in [0, 0.1) is 0 Å². The molecule has 4 rings (SSSR count). The Kier molecular flexibility index (Phi) is 6.39. The maximum Gasteiger partial charge on any atom is 0.471 e. The Morgan fingerprint density at radius 3 is 2.43 bits per heavy atom. The van der Waals surface area contributed by atoms with Gasteiger partial charge in [-0.2, -0.15) is 13.2 Å². The van der Waals surface area contributed by atoms with E-state index in [1.807, 2.05) is 0 Å². The second kappa shape index (κ2) is 9.03. The van der Waals surface area contributed by atoms with Crippen LogP contribution in [0.25, 0.3) is 10.9 Å². The molecule has 0 saturated carbocycles. The topological polar surface area (TPSA) is 81.5 Å². The number of pyridine rings is 1. The SMILES string of the molecule is CC(C)(C)OC(=O)n1cc(C(=O)C2CSC(c3cccnc3)N2C(=O)C(F)(F)F)c2ccccc21. The molecule has 2 unspecified atom stereocenters. The van der Waals surface area contributed by atoms with Crippen LogP contribution in [0.3, 0.4) is 0 Å². The molecule has 184 valence electrons. The van der Waals surface area contributed by atoms with Gasteiger partial charge in [0.2, 0.25) is 0 Å². The van der Waals surface area contributed by atoms with Gasteiger partial charge in [-0.25, -0.2) is 4.79 Å². The molecular formula is C24H22F3N3O4S. The number of aromatic nitrogens is 2. The van der Waals surface area contributed by atoms with Gasteiger partial charge in [-0.3, -0.25) is 19.1 Å². The number of amides is 1. The monoisotopic (exact) mass is 505 g/mol. The lowest BCUT2D eigenvalue weighted by molar-refractivity contribution is -0.187. The predicted octanol–water partition coefficient (Wildman–Crippen LogP) is 5.21. The Morgan fingerprint density at radius 1 is 1.09 bits per heavy atom. The van der Waals surface area contributed by atoms with Crippen LogP contribution in [0.4, 0.5) is 18.0 Å². The van der Waals surface area contributed by atoms with Crippen molar-refractivity contribution >= 4 is 40.4 Å². The summed E-state index contributed by atoms with van der Waals surface area (Å²) < 4.78 is 47.2. The van der Waals surface area contributed by atoms with Gasteiger partial charge >= 0.3 is 18.2 Å². The lowest BCUT2D eigenvalue weighted by Crippen LogP contribution is -2.48. The first kappa shape index (κ1) is 24.8. The average molecular weight is 506 g/mol. The molecule has 0 N–H and O–H groups in total. The number of hydrogen-bond donors (Lipinski definition) is 0. The number of nitrogens with zero attached hydrogens (tertiary/aromatic N) is 3. The van der Waals surface area contributed by atoms with Crippen molar-refractivity contribution < 1.29 is 32.3 Å². The molecule has 7 nitrogen and oxygen atoms in total. The molecule has 3 heterocycles. The van der Waals surface area contributed by atoms with Crippen molar-refractivity contribution in [2.75, 3.05) is 5.75 Å². The second-order valence-electron chi connectivity index (χ2n) is 8.97. The number of halogens is 3. The number of fused-ring (bicyclic) bond motifs is 1. The number of carbonyl (C=O) groups is 3. The molecule has 1 aliphatic rings. The van der Waals surface area contributed by atoms with Crippen molar-refractivity contribution in [2.24, 2.45) is 0 Å². The van der Waals surface area contributed by atoms with Gasteiger partial charge in [0.1, 0.15) is 17.0 Å². The van der Waals surface area contributed by atoms with Gasteiger partial charge in [0.25, 0.3) is 0 Å². The fourth-order valence-electron chi connectivity index (χ4n) is 3.90. The van der Waals surface area contributed by atoms with Gasteiger partial charge in [0, 0.05) is 40.9 Å². The maximum absolute atomic E-state index is 13.6. The molecule has 0 spiro atoms. The van der Waals surface area contributed by atoms with Gasteiger partial charge in [0.15, 0.2) is 5.78 Å². The first-order chi connectivity index (χ1) is 16.4. The van der Waals surface area contributed by atoms with Crippen LogP contribution < -0.4 is 0 Å². The summed E-state index contributed by atoms with van der Waals surface area (Å²) in [5.41, 5.74) is -0.0274. The number of benzene rings is 1. The lowest BCUT2D eigenvalue weighted by Gasteiger charge is -2.29. The van der Waals surface area contributed by atoms with Crippen LogP contribution in [0.2, 0.25) is 0 Å². The number of thioether (sulfide) groups is 1. The fourth-order valence-corrected chi connectivity index (χ4v) is 5.31. The zero-order chi connectivity index (χ0) is 25.5. The standard InChI is InChI=1S/C24H22F3N3O4S/c1-23(2,3)34-22(33)29-12-16(15-8-4-5-9-17(15)29)19(31)18-13-35-20(14-7-6-10-28-11-14)30(18)21(32)24(25,26)27/h4-12,18,20H,13H2,1-3H3. The summed E-state index contributed by atoms with van der Waals surface area (Å²) >= 11 is 1.05. The van der Waals surface area contributed by atoms with Crippen molar-refractivity contribution in [3.05, 3.63) is 66.1 Å². The highest BCUT2D eigenvalue weighted by Gasteiger charge is 2.52. The van der Waals surface area contributed by atoms with E-state index in [4.69, 9.17) is 4.74 Å².